The van der Waals surface area contributed by atoms with E-state index >= 15 is 0 Å². The van der Waals surface area contributed by atoms with Crippen LogP contribution in [0.15, 0.2) is 0 Å². The minimum Gasteiger partial charge on any atom is -0.381 e. The maximum absolute atomic E-state index is 5.85. The molecule has 0 bridgehead atoms. The van der Waals surface area contributed by atoms with E-state index in [4.69, 9.17) is 9.47 Å². The lowest BCUT2D eigenvalue weighted by Gasteiger charge is -2.36. The molecule has 6 unspecified atom stereocenters. The number of ether oxygens (including phenoxy) is 2. The van der Waals surface area contributed by atoms with Crippen molar-refractivity contribution in [1.82, 2.24) is 0 Å². The van der Waals surface area contributed by atoms with Gasteiger partial charge in [0.1, 0.15) is 0 Å². The predicted molar refractivity (Wildman–Crippen MR) is 76.1 cm³/mol. The molecule has 0 amide bonds. The van der Waals surface area contributed by atoms with Gasteiger partial charge in [-0.05, 0) is 57.3 Å². The molecule has 2 saturated carbocycles. The van der Waals surface area contributed by atoms with Gasteiger partial charge in [0.2, 0.25) is 0 Å². The van der Waals surface area contributed by atoms with Gasteiger partial charge in [-0.25, -0.2) is 0 Å². The van der Waals surface area contributed by atoms with Gasteiger partial charge in [0.05, 0.1) is 12.2 Å². The second-order valence-corrected chi connectivity index (χ2v) is 7.59. The Kier molecular flexibility index (Phi) is 4.21. The molecule has 18 heavy (non-hydrogen) atoms. The molecule has 1 saturated heterocycles. The maximum Gasteiger partial charge on any atom is 0.0585 e. The molecule has 0 aromatic carbocycles. The molecule has 0 radical (unpaired) electrons. The zero-order valence-corrected chi connectivity index (χ0v) is 12.5. The molecule has 104 valence electrons. The third kappa shape index (κ3) is 2.46. The summed E-state index contributed by atoms with van der Waals surface area (Å²) in [6, 6.07) is 0. The first-order chi connectivity index (χ1) is 8.81. The van der Waals surface area contributed by atoms with Crippen molar-refractivity contribution < 1.29 is 9.47 Å². The molecule has 0 spiro atoms. The summed E-state index contributed by atoms with van der Waals surface area (Å²) in [5.74, 6) is 1.96. The topological polar surface area (TPSA) is 18.5 Å². The minimum absolute atomic E-state index is 0.529. The number of fused-ring (bicyclic) bond motifs is 3. The molecule has 6 atom stereocenters. The molecular formula is C15H26O2S. The summed E-state index contributed by atoms with van der Waals surface area (Å²) in [7, 11) is 1.88. The number of rotatable bonds is 3. The van der Waals surface area contributed by atoms with Gasteiger partial charge in [0.15, 0.2) is 0 Å². The van der Waals surface area contributed by atoms with Crippen LogP contribution in [0.1, 0.15) is 45.4 Å². The molecule has 0 aromatic rings. The van der Waals surface area contributed by atoms with Crippen molar-refractivity contribution in [2.45, 2.75) is 68.2 Å². The Morgan fingerprint density at radius 3 is 2.17 bits per heavy atom. The number of hydrogen-bond acceptors (Lipinski definition) is 3. The first-order valence-corrected chi connectivity index (χ1v) is 8.56. The van der Waals surface area contributed by atoms with Crippen molar-refractivity contribution in [3.8, 4) is 0 Å². The van der Waals surface area contributed by atoms with Crippen LogP contribution in [0.3, 0.4) is 0 Å². The second kappa shape index (κ2) is 5.72. The average molecular weight is 270 g/mol. The second-order valence-electron chi connectivity index (χ2n) is 6.10. The monoisotopic (exact) mass is 270 g/mol. The number of hydrogen-bond donors (Lipinski definition) is 0. The summed E-state index contributed by atoms with van der Waals surface area (Å²) in [4.78, 5) is 0. The largest absolute Gasteiger partial charge is 0.381 e. The molecule has 3 heteroatoms. The number of thioether (sulfide) groups is 1. The van der Waals surface area contributed by atoms with Gasteiger partial charge < -0.3 is 9.47 Å². The molecule has 0 N–H and O–H groups in total. The Morgan fingerprint density at radius 1 is 0.944 bits per heavy atom. The van der Waals surface area contributed by atoms with E-state index in [1.165, 1.54) is 38.5 Å². The van der Waals surface area contributed by atoms with Gasteiger partial charge in [0.25, 0.3) is 0 Å². The van der Waals surface area contributed by atoms with E-state index in [-0.39, 0.29) is 0 Å². The van der Waals surface area contributed by atoms with E-state index in [0.717, 1.165) is 28.9 Å². The van der Waals surface area contributed by atoms with Crippen molar-refractivity contribution in [1.29, 1.82) is 0 Å². The van der Waals surface area contributed by atoms with Crippen molar-refractivity contribution in [2.75, 3.05) is 13.7 Å². The highest BCUT2D eigenvalue weighted by molar-refractivity contribution is 8.00. The minimum atomic E-state index is 0.529. The molecule has 2 nitrogen and oxygen atoms in total. The summed E-state index contributed by atoms with van der Waals surface area (Å²) in [5.41, 5.74) is 0. The first kappa shape index (κ1) is 13.3. The van der Waals surface area contributed by atoms with Crippen LogP contribution in [0.2, 0.25) is 0 Å². The van der Waals surface area contributed by atoms with Crippen molar-refractivity contribution >= 4 is 11.8 Å². The van der Waals surface area contributed by atoms with Crippen LogP contribution in [0, 0.1) is 11.8 Å². The molecule has 3 aliphatic rings. The van der Waals surface area contributed by atoms with Crippen LogP contribution >= 0.6 is 11.8 Å². The van der Waals surface area contributed by atoms with Crippen LogP contribution in [0.5, 0.6) is 0 Å². The fraction of sp³-hybridized carbons (Fsp3) is 1.00. The highest BCUT2D eigenvalue weighted by Gasteiger charge is 2.48. The van der Waals surface area contributed by atoms with Crippen molar-refractivity contribution in [3.05, 3.63) is 0 Å². The van der Waals surface area contributed by atoms with E-state index in [1.807, 2.05) is 7.11 Å². The predicted octanol–water partition coefficient (Wildman–Crippen LogP) is 3.49. The quantitative estimate of drug-likeness (QED) is 0.782. The van der Waals surface area contributed by atoms with E-state index in [9.17, 15) is 0 Å². The van der Waals surface area contributed by atoms with Gasteiger partial charge >= 0.3 is 0 Å². The molecule has 1 heterocycles. The van der Waals surface area contributed by atoms with E-state index in [0.29, 0.717) is 12.2 Å². The summed E-state index contributed by atoms with van der Waals surface area (Å²) in [5, 5.41) is 1.75. The molecule has 2 aliphatic carbocycles. The van der Waals surface area contributed by atoms with Crippen LogP contribution in [-0.2, 0) is 9.47 Å². The normalized spacial score (nSPS) is 47.7. The summed E-state index contributed by atoms with van der Waals surface area (Å²) >= 11 is 2.27. The Balaban J connectivity index is 1.61. The Labute approximate surface area is 115 Å². The molecule has 3 fully saturated rings. The van der Waals surface area contributed by atoms with Crippen molar-refractivity contribution in [2.24, 2.45) is 11.8 Å². The van der Waals surface area contributed by atoms with E-state index in [1.54, 1.807) is 0 Å². The fourth-order valence-electron chi connectivity index (χ4n) is 4.35. The smallest absolute Gasteiger partial charge is 0.0585 e. The van der Waals surface area contributed by atoms with Gasteiger partial charge in [-0.3, -0.25) is 0 Å². The highest BCUT2D eigenvalue weighted by Crippen LogP contribution is 2.55. The molecule has 1 aliphatic heterocycles. The van der Waals surface area contributed by atoms with Crippen LogP contribution in [0.25, 0.3) is 0 Å². The van der Waals surface area contributed by atoms with Gasteiger partial charge in [-0.1, -0.05) is 0 Å². The lowest BCUT2D eigenvalue weighted by molar-refractivity contribution is 0.0140. The van der Waals surface area contributed by atoms with E-state index < -0.39 is 0 Å². The maximum atomic E-state index is 5.85. The fourth-order valence-corrected chi connectivity index (χ4v) is 6.53. The van der Waals surface area contributed by atoms with Crippen LogP contribution in [-0.4, -0.2) is 36.4 Å². The Morgan fingerprint density at radius 2 is 1.56 bits per heavy atom. The standard InChI is InChI=1S/C15H26O2S/c1-3-17-11-5-7-13-12-6-4-10(16-2)8-14(12)18-15(13)9-11/h10-15H,3-9H2,1-2H3. The van der Waals surface area contributed by atoms with Crippen molar-refractivity contribution in [3.63, 3.8) is 0 Å². The van der Waals surface area contributed by atoms with Gasteiger partial charge in [0, 0.05) is 24.2 Å². The Bertz CT molecular complexity index is 284. The lowest BCUT2D eigenvalue weighted by Crippen LogP contribution is -2.35. The number of methoxy groups -OCH3 is 1. The average Bonchev–Trinajstić information content (AvgIpc) is 2.75. The lowest BCUT2D eigenvalue weighted by atomic mass is 9.72. The third-order valence-electron chi connectivity index (χ3n) is 5.22. The Hall–Kier alpha value is 0.270. The highest BCUT2D eigenvalue weighted by atomic mass is 32.2. The molecular weight excluding hydrogens is 244 g/mol. The van der Waals surface area contributed by atoms with Crippen LogP contribution in [0.4, 0.5) is 0 Å². The van der Waals surface area contributed by atoms with Gasteiger partial charge in [-0.15, -0.1) is 0 Å². The van der Waals surface area contributed by atoms with Gasteiger partial charge in [-0.2, -0.15) is 11.8 Å². The zero-order valence-electron chi connectivity index (χ0n) is 11.6. The van der Waals surface area contributed by atoms with Crippen LogP contribution < -0.4 is 0 Å². The molecule has 0 aromatic heterocycles. The summed E-state index contributed by atoms with van der Waals surface area (Å²) in [6.07, 6.45) is 9.05. The first-order valence-electron chi connectivity index (χ1n) is 7.61. The third-order valence-corrected chi connectivity index (χ3v) is 7.01. The molecule has 3 rings (SSSR count). The zero-order chi connectivity index (χ0) is 12.5. The summed E-state index contributed by atoms with van der Waals surface area (Å²) in [6.45, 7) is 3.00. The summed E-state index contributed by atoms with van der Waals surface area (Å²) < 4.78 is 11.4. The SMILES string of the molecule is CCOC1CCC2C(C1)SC1CC(OC)CCC12. The van der Waals surface area contributed by atoms with E-state index in [2.05, 4.69) is 18.7 Å².